The minimum Gasteiger partial charge on any atom is -0.461 e. The maximum absolute atomic E-state index is 13.5. The Morgan fingerprint density at radius 1 is 1.19 bits per heavy atom. The summed E-state index contributed by atoms with van der Waals surface area (Å²) in [5.41, 5.74) is 1.75. The van der Waals surface area contributed by atoms with Gasteiger partial charge in [0, 0.05) is 49.2 Å². The molecule has 192 valence electrons. The summed E-state index contributed by atoms with van der Waals surface area (Å²) >= 11 is 0. The molecule has 0 bridgehead atoms. The van der Waals surface area contributed by atoms with E-state index in [-0.39, 0.29) is 24.1 Å². The van der Waals surface area contributed by atoms with Gasteiger partial charge in [0.25, 0.3) is 5.91 Å². The lowest BCUT2D eigenvalue weighted by Gasteiger charge is -2.20. The van der Waals surface area contributed by atoms with Crippen LogP contribution in [0.2, 0.25) is 0 Å². The first kappa shape index (κ1) is 26.1. The molecule has 2 aromatic carbocycles. The fourth-order valence-electron chi connectivity index (χ4n) is 4.19. The third-order valence-corrected chi connectivity index (χ3v) is 6.00. The van der Waals surface area contributed by atoms with Crippen LogP contribution in [-0.4, -0.2) is 46.0 Å². The molecule has 1 aromatic heterocycles. The average Bonchev–Trinajstić information content (AvgIpc) is 3.30. The number of likely N-dealkylation sites (tertiary alicyclic amines) is 1. The van der Waals surface area contributed by atoms with Crippen molar-refractivity contribution in [2.45, 2.75) is 45.1 Å². The Morgan fingerprint density at radius 2 is 1.89 bits per heavy atom. The summed E-state index contributed by atoms with van der Waals surface area (Å²) in [6.07, 6.45) is -0.968. The number of hydrogen-bond acceptors (Lipinski definition) is 6. The van der Waals surface area contributed by atoms with Gasteiger partial charge in [-0.2, -0.15) is 18.4 Å². The SMILES string of the molecule is CC(C)Oc1ncc(-c2cc(C(F)(F)F)ccc2CN2CC[C@@H](NC(=O)c3ccc(C#N)cc3)C2)cn1. The van der Waals surface area contributed by atoms with Gasteiger partial charge in [-0.05, 0) is 67.8 Å². The van der Waals surface area contributed by atoms with Crippen LogP contribution in [-0.2, 0) is 12.7 Å². The van der Waals surface area contributed by atoms with Crippen LogP contribution in [0.4, 0.5) is 13.2 Å². The summed E-state index contributed by atoms with van der Waals surface area (Å²) in [6.45, 7) is 5.30. The van der Waals surface area contributed by atoms with Gasteiger partial charge in [0.15, 0.2) is 0 Å². The summed E-state index contributed by atoms with van der Waals surface area (Å²) in [7, 11) is 0. The number of nitrogens with zero attached hydrogens (tertiary/aromatic N) is 4. The van der Waals surface area contributed by atoms with E-state index in [2.05, 4.69) is 20.2 Å². The van der Waals surface area contributed by atoms with Crippen molar-refractivity contribution in [1.29, 1.82) is 5.26 Å². The number of halogens is 3. The molecule has 2 heterocycles. The highest BCUT2D eigenvalue weighted by molar-refractivity contribution is 5.94. The van der Waals surface area contributed by atoms with Gasteiger partial charge in [0.2, 0.25) is 0 Å². The smallest absolute Gasteiger partial charge is 0.416 e. The van der Waals surface area contributed by atoms with Crippen LogP contribution in [0, 0.1) is 11.3 Å². The highest BCUT2D eigenvalue weighted by Crippen LogP contribution is 2.34. The third-order valence-electron chi connectivity index (χ3n) is 6.00. The molecule has 0 radical (unpaired) electrons. The number of aromatic nitrogens is 2. The molecule has 0 spiro atoms. The number of carbonyl (C=O) groups is 1. The molecule has 7 nitrogen and oxygen atoms in total. The highest BCUT2D eigenvalue weighted by atomic mass is 19.4. The van der Waals surface area contributed by atoms with Gasteiger partial charge in [-0.3, -0.25) is 9.69 Å². The zero-order valence-corrected chi connectivity index (χ0v) is 20.4. The van der Waals surface area contributed by atoms with E-state index in [1.165, 1.54) is 18.5 Å². The molecular formula is C27H26F3N5O2. The molecule has 1 fully saturated rings. The second-order valence-electron chi connectivity index (χ2n) is 9.17. The molecule has 1 amide bonds. The number of hydrogen-bond donors (Lipinski definition) is 1. The lowest BCUT2D eigenvalue weighted by Crippen LogP contribution is -2.37. The zero-order chi connectivity index (χ0) is 26.6. The Hall–Kier alpha value is -3.97. The van der Waals surface area contributed by atoms with Gasteiger partial charge < -0.3 is 10.1 Å². The molecule has 37 heavy (non-hydrogen) atoms. The lowest BCUT2D eigenvalue weighted by atomic mass is 9.98. The molecule has 10 heteroatoms. The highest BCUT2D eigenvalue weighted by Gasteiger charge is 2.32. The summed E-state index contributed by atoms with van der Waals surface area (Å²) in [5.74, 6) is -0.229. The van der Waals surface area contributed by atoms with Crippen molar-refractivity contribution in [3.05, 3.63) is 77.1 Å². The summed E-state index contributed by atoms with van der Waals surface area (Å²) in [6, 6.07) is 12.2. The first-order valence-electron chi connectivity index (χ1n) is 11.8. The summed E-state index contributed by atoms with van der Waals surface area (Å²) in [4.78, 5) is 23.0. The van der Waals surface area contributed by atoms with Crippen LogP contribution in [0.1, 0.15) is 47.3 Å². The molecular weight excluding hydrogens is 483 g/mol. The Kier molecular flexibility index (Phi) is 7.74. The van der Waals surface area contributed by atoms with Gasteiger partial charge in [-0.25, -0.2) is 9.97 Å². The molecule has 3 aromatic rings. The van der Waals surface area contributed by atoms with E-state index in [0.29, 0.717) is 53.9 Å². The van der Waals surface area contributed by atoms with E-state index >= 15 is 0 Å². The van der Waals surface area contributed by atoms with E-state index < -0.39 is 11.7 Å². The van der Waals surface area contributed by atoms with Crippen molar-refractivity contribution >= 4 is 5.91 Å². The maximum Gasteiger partial charge on any atom is 0.416 e. The van der Waals surface area contributed by atoms with Crippen molar-refractivity contribution in [1.82, 2.24) is 20.2 Å². The number of alkyl halides is 3. The number of nitrogens with one attached hydrogen (secondary N) is 1. The monoisotopic (exact) mass is 509 g/mol. The number of ether oxygens (including phenoxy) is 1. The van der Waals surface area contributed by atoms with Gasteiger partial charge in [-0.15, -0.1) is 0 Å². The van der Waals surface area contributed by atoms with Gasteiger partial charge in [0.05, 0.1) is 23.3 Å². The predicted molar refractivity (Wildman–Crippen MR) is 131 cm³/mol. The average molecular weight is 510 g/mol. The van der Waals surface area contributed by atoms with E-state index in [4.69, 9.17) is 10.00 Å². The van der Waals surface area contributed by atoms with Gasteiger partial charge >= 0.3 is 12.2 Å². The Balaban J connectivity index is 1.48. The van der Waals surface area contributed by atoms with Crippen LogP contribution < -0.4 is 10.1 Å². The lowest BCUT2D eigenvalue weighted by molar-refractivity contribution is -0.137. The van der Waals surface area contributed by atoms with Gasteiger partial charge in [0.1, 0.15) is 0 Å². The van der Waals surface area contributed by atoms with Crippen molar-refractivity contribution in [2.75, 3.05) is 13.1 Å². The number of nitriles is 1. The zero-order valence-electron chi connectivity index (χ0n) is 20.4. The Bertz CT molecular complexity index is 1290. The largest absolute Gasteiger partial charge is 0.461 e. The van der Waals surface area contributed by atoms with E-state index in [1.54, 1.807) is 24.3 Å². The molecule has 0 aliphatic carbocycles. The Labute approximate surface area is 212 Å². The molecule has 4 rings (SSSR count). The maximum atomic E-state index is 13.5. The topological polar surface area (TPSA) is 91.1 Å². The fraction of sp³-hybridized carbons (Fsp3) is 0.333. The normalized spacial score (nSPS) is 16.0. The van der Waals surface area contributed by atoms with Crippen LogP contribution in [0.3, 0.4) is 0 Å². The Morgan fingerprint density at radius 3 is 2.51 bits per heavy atom. The number of rotatable bonds is 7. The van der Waals surface area contributed by atoms with Crippen molar-refractivity contribution < 1.29 is 22.7 Å². The number of amides is 1. The molecule has 1 saturated heterocycles. The first-order chi connectivity index (χ1) is 17.6. The second kappa shape index (κ2) is 11.0. The standard InChI is InChI=1S/C27H26F3N5O2/c1-17(2)37-26-32-13-21(14-33-26)24-11-22(27(28,29)30)8-7-20(24)15-35-10-9-23(16-35)34-25(36)19-5-3-18(12-31)4-6-19/h3-8,11,13-14,17,23H,9-10,15-16H2,1-2H3,(H,34,36)/t23-/m1/s1. The van der Waals surface area contributed by atoms with E-state index in [9.17, 15) is 18.0 Å². The number of benzene rings is 2. The van der Waals surface area contributed by atoms with Crippen LogP contribution >= 0.6 is 0 Å². The number of carbonyl (C=O) groups excluding carboxylic acids is 1. The van der Waals surface area contributed by atoms with Crippen LogP contribution in [0.5, 0.6) is 6.01 Å². The van der Waals surface area contributed by atoms with Gasteiger partial charge in [-0.1, -0.05) is 6.07 Å². The molecule has 1 aliphatic heterocycles. The molecule has 0 saturated carbocycles. The minimum atomic E-state index is -4.48. The van der Waals surface area contributed by atoms with Crippen molar-refractivity contribution in [3.8, 4) is 23.2 Å². The van der Waals surface area contributed by atoms with Crippen LogP contribution in [0.15, 0.2) is 54.9 Å². The second-order valence-corrected chi connectivity index (χ2v) is 9.17. The van der Waals surface area contributed by atoms with E-state index in [0.717, 1.165) is 12.1 Å². The fourth-order valence-corrected chi connectivity index (χ4v) is 4.19. The van der Waals surface area contributed by atoms with E-state index in [1.807, 2.05) is 19.9 Å². The third kappa shape index (κ3) is 6.62. The summed E-state index contributed by atoms with van der Waals surface area (Å²) < 4.78 is 45.8. The minimum absolute atomic E-state index is 0.100. The van der Waals surface area contributed by atoms with Crippen molar-refractivity contribution in [3.63, 3.8) is 0 Å². The molecule has 1 N–H and O–H groups in total. The quantitative estimate of drug-likeness (QED) is 0.491. The first-order valence-corrected chi connectivity index (χ1v) is 11.8. The van der Waals surface area contributed by atoms with Crippen LogP contribution in [0.25, 0.3) is 11.1 Å². The predicted octanol–water partition coefficient (Wildman–Crippen LogP) is 4.83. The molecule has 1 aliphatic rings. The molecule has 1 atom stereocenters. The molecule has 0 unspecified atom stereocenters. The summed E-state index contributed by atoms with van der Waals surface area (Å²) in [5, 5.41) is 11.9. The van der Waals surface area contributed by atoms with Crippen molar-refractivity contribution in [2.24, 2.45) is 0 Å².